The number of aromatic amines is 1. The number of hydrogen-bond donors (Lipinski definition) is 1. The summed E-state index contributed by atoms with van der Waals surface area (Å²) < 4.78 is 9.98. The summed E-state index contributed by atoms with van der Waals surface area (Å²) in [5, 5.41) is 9.54. The Labute approximate surface area is 210 Å². The van der Waals surface area contributed by atoms with E-state index in [1.165, 1.54) is 0 Å². The number of nitrogens with zero attached hydrogens (tertiary/aromatic N) is 4. The largest absolute Gasteiger partial charge is 0.496 e. The van der Waals surface area contributed by atoms with Crippen molar-refractivity contribution in [1.82, 2.24) is 24.3 Å². The van der Waals surface area contributed by atoms with Gasteiger partial charge in [-0.05, 0) is 58.6 Å². The van der Waals surface area contributed by atoms with Crippen LogP contribution in [0.4, 0.5) is 0 Å². The van der Waals surface area contributed by atoms with E-state index >= 15 is 0 Å². The molecule has 2 atom stereocenters. The number of nitrogens with one attached hydrogen (secondary N) is 1. The number of fused-ring (bicyclic) bond motifs is 2. The predicted octanol–water partition coefficient (Wildman–Crippen LogP) is 4.49. The first-order valence-corrected chi connectivity index (χ1v) is 12.6. The number of aromatic nitrogens is 5. The molecule has 8 heteroatoms. The van der Waals surface area contributed by atoms with Crippen LogP contribution in [-0.4, -0.2) is 37.2 Å². The molecule has 1 aromatic carbocycles. The molecule has 0 amide bonds. The van der Waals surface area contributed by atoms with Crippen molar-refractivity contribution < 1.29 is 9.53 Å². The summed E-state index contributed by atoms with van der Waals surface area (Å²) in [6.07, 6.45) is 2.50. The molecule has 0 bridgehead atoms. The van der Waals surface area contributed by atoms with E-state index in [2.05, 4.69) is 37.3 Å². The fourth-order valence-electron chi connectivity index (χ4n) is 5.83. The second-order valence-electron chi connectivity index (χ2n) is 9.91. The molecule has 0 spiro atoms. The summed E-state index contributed by atoms with van der Waals surface area (Å²) in [5.41, 5.74) is 3.84. The lowest BCUT2D eigenvalue weighted by Crippen LogP contribution is -2.28. The SMILES string of the molecule is COc1cc(C)[nH]c(=O)c1CCC(=O)c1c(C)n([C@H](C)C2CCc3nnc(C)n3C2)c2ccccc12. The number of rotatable bonds is 7. The van der Waals surface area contributed by atoms with Crippen molar-refractivity contribution in [3.63, 3.8) is 0 Å². The molecule has 3 aromatic heterocycles. The maximum absolute atomic E-state index is 13.6. The van der Waals surface area contributed by atoms with E-state index in [1.54, 1.807) is 13.2 Å². The zero-order chi connectivity index (χ0) is 25.6. The van der Waals surface area contributed by atoms with Crippen LogP contribution in [-0.2, 0) is 19.4 Å². The minimum Gasteiger partial charge on any atom is -0.496 e. The van der Waals surface area contributed by atoms with E-state index in [9.17, 15) is 9.59 Å². The third-order valence-electron chi connectivity index (χ3n) is 7.74. The fraction of sp³-hybridized carbons (Fsp3) is 0.429. The van der Waals surface area contributed by atoms with E-state index < -0.39 is 0 Å². The van der Waals surface area contributed by atoms with Gasteiger partial charge in [0.25, 0.3) is 5.56 Å². The molecule has 1 aliphatic rings. The quantitative estimate of drug-likeness (QED) is 0.388. The number of pyridine rings is 1. The van der Waals surface area contributed by atoms with E-state index in [0.717, 1.165) is 58.9 Å². The van der Waals surface area contributed by atoms with Gasteiger partial charge in [-0.3, -0.25) is 9.59 Å². The van der Waals surface area contributed by atoms with Crippen LogP contribution in [0.5, 0.6) is 5.75 Å². The van der Waals surface area contributed by atoms with Crippen LogP contribution >= 0.6 is 0 Å². The lowest BCUT2D eigenvalue weighted by atomic mass is 9.92. The van der Waals surface area contributed by atoms with Crippen LogP contribution in [0.2, 0.25) is 0 Å². The van der Waals surface area contributed by atoms with Crippen LogP contribution in [0.15, 0.2) is 35.1 Å². The molecule has 0 radical (unpaired) electrons. The van der Waals surface area contributed by atoms with Gasteiger partial charge < -0.3 is 18.9 Å². The minimum absolute atomic E-state index is 0.0391. The van der Waals surface area contributed by atoms with Gasteiger partial charge in [-0.25, -0.2) is 0 Å². The number of benzene rings is 1. The molecule has 1 N–H and O–H groups in total. The molecule has 0 saturated carbocycles. The van der Waals surface area contributed by atoms with Gasteiger partial charge >= 0.3 is 0 Å². The van der Waals surface area contributed by atoms with Crippen LogP contribution < -0.4 is 10.3 Å². The summed E-state index contributed by atoms with van der Waals surface area (Å²) >= 11 is 0. The fourth-order valence-corrected chi connectivity index (χ4v) is 5.83. The second kappa shape index (κ2) is 9.41. The first-order valence-electron chi connectivity index (χ1n) is 12.6. The Morgan fingerprint density at radius 2 is 2.00 bits per heavy atom. The molecule has 0 aliphatic carbocycles. The predicted molar refractivity (Wildman–Crippen MR) is 139 cm³/mol. The van der Waals surface area contributed by atoms with Crippen LogP contribution in [0.25, 0.3) is 10.9 Å². The first kappa shape index (κ1) is 24.0. The average Bonchev–Trinajstić information content (AvgIpc) is 3.38. The summed E-state index contributed by atoms with van der Waals surface area (Å²) in [5.74, 6) is 2.98. The summed E-state index contributed by atoms with van der Waals surface area (Å²) in [6.45, 7) is 8.99. The second-order valence-corrected chi connectivity index (χ2v) is 9.91. The Balaban J connectivity index is 1.47. The molecule has 36 heavy (non-hydrogen) atoms. The van der Waals surface area contributed by atoms with Gasteiger partial charge in [0.05, 0.1) is 12.7 Å². The highest BCUT2D eigenvalue weighted by Crippen LogP contribution is 2.36. The monoisotopic (exact) mass is 487 g/mol. The highest BCUT2D eigenvalue weighted by atomic mass is 16.5. The summed E-state index contributed by atoms with van der Waals surface area (Å²) in [7, 11) is 1.55. The Morgan fingerprint density at radius 1 is 1.22 bits per heavy atom. The van der Waals surface area contributed by atoms with Crippen LogP contribution in [0.1, 0.15) is 64.8 Å². The molecule has 5 rings (SSSR count). The molecular weight excluding hydrogens is 454 g/mol. The normalized spacial score (nSPS) is 16.2. The van der Waals surface area contributed by atoms with E-state index in [1.807, 2.05) is 39.0 Å². The van der Waals surface area contributed by atoms with Crippen molar-refractivity contribution in [2.24, 2.45) is 5.92 Å². The number of Topliss-reactive ketones (excluding diaryl/α,β-unsaturated/α-hetero) is 1. The van der Waals surface area contributed by atoms with Crippen molar-refractivity contribution in [2.45, 2.75) is 66.0 Å². The topological polar surface area (TPSA) is 94.8 Å². The van der Waals surface area contributed by atoms with Gasteiger partial charge in [-0.1, -0.05) is 18.2 Å². The first-order chi connectivity index (χ1) is 17.3. The van der Waals surface area contributed by atoms with Crippen molar-refractivity contribution in [2.75, 3.05) is 7.11 Å². The summed E-state index contributed by atoms with van der Waals surface area (Å²) in [6, 6.07) is 10.1. The molecule has 188 valence electrons. The minimum atomic E-state index is -0.201. The van der Waals surface area contributed by atoms with Crippen molar-refractivity contribution in [1.29, 1.82) is 0 Å². The Hall–Kier alpha value is -3.68. The number of H-pyrrole nitrogens is 1. The number of para-hydroxylation sites is 1. The van der Waals surface area contributed by atoms with Crippen molar-refractivity contribution in [3.8, 4) is 5.75 Å². The number of ketones is 1. The van der Waals surface area contributed by atoms with Gasteiger partial charge in [-0.15, -0.1) is 10.2 Å². The molecule has 1 unspecified atom stereocenters. The molecule has 0 fully saturated rings. The number of carbonyl (C=O) groups excluding carboxylic acids is 1. The number of hydrogen-bond acceptors (Lipinski definition) is 5. The number of aryl methyl sites for hydroxylation is 3. The lowest BCUT2D eigenvalue weighted by molar-refractivity contribution is 0.0983. The molecule has 8 nitrogen and oxygen atoms in total. The Kier molecular flexibility index (Phi) is 6.28. The highest BCUT2D eigenvalue weighted by molar-refractivity contribution is 6.09. The number of methoxy groups -OCH3 is 1. The van der Waals surface area contributed by atoms with Gasteiger partial charge in [-0.2, -0.15) is 0 Å². The number of carbonyl (C=O) groups is 1. The van der Waals surface area contributed by atoms with E-state index in [0.29, 0.717) is 23.7 Å². The average molecular weight is 488 g/mol. The third-order valence-corrected chi connectivity index (χ3v) is 7.74. The van der Waals surface area contributed by atoms with Crippen molar-refractivity contribution in [3.05, 3.63) is 74.8 Å². The zero-order valence-corrected chi connectivity index (χ0v) is 21.6. The zero-order valence-electron chi connectivity index (χ0n) is 21.6. The number of ether oxygens (including phenoxy) is 1. The molecule has 1 aliphatic heterocycles. The van der Waals surface area contributed by atoms with E-state index in [-0.39, 0.29) is 23.8 Å². The van der Waals surface area contributed by atoms with Crippen molar-refractivity contribution >= 4 is 16.7 Å². The van der Waals surface area contributed by atoms with Crippen LogP contribution in [0.3, 0.4) is 0 Å². The Morgan fingerprint density at radius 3 is 2.78 bits per heavy atom. The van der Waals surface area contributed by atoms with E-state index in [4.69, 9.17) is 4.74 Å². The van der Waals surface area contributed by atoms with Gasteiger partial charge in [0, 0.05) is 53.3 Å². The van der Waals surface area contributed by atoms with Gasteiger partial charge in [0.15, 0.2) is 5.78 Å². The maximum Gasteiger partial charge on any atom is 0.255 e. The Bertz CT molecular complexity index is 1510. The third kappa shape index (κ3) is 4.04. The standard InChI is InChI=1S/C28H33N5O3/c1-16-14-25(36-5)22(28(35)29-16)11-12-24(34)27-18(3)33(23-9-7-6-8-21(23)27)17(2)20-10-13-26-31-30-19(4)32(26)15-20/h6-9,14,17,20H,10-13,15H2,1-5H3,(H,29,35)/t17-,20?/m1/s1. The molecule has 4 heterocycles. The smallest absolute Gasteiger partial charge is 0.255 e. The maximum atomic E-state index is 13.6. The molecule has 0 saturated heterocycles. The lowest BCUT2D eigenvalue weighted by Gasteiger charge is -2.31. The molecular formula is C28H33N5O3. The van der Waals surface area contributed by atoms with Gasteiger partial charge in [0.2, 0.25) is 0 Å². The summed E-state index contributed by atoms with van der Waals surface area (Å²) in [4.78, 5) is 29.0. The molecule has 4 aromatic rings. The van der Waals surface area contributed by atoms with Gasteiger partial charge in [0.1, 0.15) is 17.4 Å². The highest BCUT2D eigenvalue weighted by Gasteiger charge is 2.30. The van der Waals surface area contributed by atoms with Crippen LogP contribution in [0, 0.1) is 26.7 Å².